The Bertz CT molecular complexity index is 401. The number of fused-ring (bicyclic) bond motifs is 1. The molecule has 1 unspecified atom stereocenters. The second-order valence-corrected chi connectivity index (χ2v) is 4.47. The summed E-state index contributed by atoms with van der Waals surface area (Å²) in [5, 5.41) is 3.16. The zero-order chi connectivity index (χ0) is 11.7. The zero-order valence-electron chi connectivity index (χ0n) is 10.0. The topological polar surface area (TPSA) is 32.3 Å². The molecule has 1 atom stereocenters. The fraction of sp³-hybridized carbons (Fsp3) is 0.462. The summed E-state index contributed by atoms with van der Waals surface area (Å²) in [5.41, 5.74) is 2.01. The van der Waals surface area contributed by atoms with Crippen molar-refractivity contribution in [2.75, 3.05) is 13.6 Å². The van der Waals surface area contributed by atoms with Crippen LogP contribution in [0.15, 0.2) is 24.3 Å². The third-order valence-corrected chi connectivity index (χ3v) is 3.07. The number of likely N-dealkylation sites (N-methyl/N-ethyl adjacent to an activating group) is 1. The van der Waals surface area contributed by atoms with Crippen LogP contribution < -0.4 is 5.32 Å². The predicted molar refractivity (Wildman–Crippen MR) is 64.4 cm³/mol. The standard InChI is InChI=1S/C13H18N2O/c1-9(2)15-12(8-14-3)10-6-4-5-7-11(10)13(15)16/h4-7,9,12,14H,8H2,1-3H3. The minimum atomic E-state index is 0.158. The van der Waals surface area contributed by atoms with E-state index in [2.05, 4.69) is 25.2 Å². The zero-order valence-corrected chi connectivity index (χ0v) is 10.0. The van der Waals surface area contributed by atoms with Crippen molar-refractivity contribution >= 4 is 5.91 Å². The van der Waals surface area contributed by atoms with E-state index in [4.69, 9.17) is 0 Å². The highest BCUT2D eigenvalue weighted by atomic mass is 16.2. The molecule has 86 valence electrons. The van der Waals surface area contributed by atoms with Crippen LogP contribution in [0.2, 0.25) is 0 Å². The molecule has 0 aromatic heterocycles. The van der Waals surface area contributed by atoms with E-state index in [1.54, 1.807) is 0 Å². The number of carbonyl (C=O) groups excluding carboxylic acids is 1. The lowest BCUT2D eigenvalue weighted by Gasteiger charge is -2.29. The molecule has 2 rings (SSSR count). The van der Waals surface area contributed by atoms with Gasteiger partial charge in [0.25, 0.3) is 5.91 Å². The van der Waals surface area contributed by atoms with Crippen LogP contribution in [-0.4, -0.2) is 30.4 Å². The molecule has 1 heterocycles. The van der Waals surface area contributed by atoms with E-state index in [9.17, 15) is 4.79 Å². The van der Waals surface area contributed by atoms with E-state index in [1.807, 2.05) is 30.1 Å². The molecule has 0 aliphatic carbocycles. The van der Waals surface area contributed by atoms with Gasteiger partial charge in [-0.25, -0.2) is 0 Å². The van der Waals surface area contributed by atoms with Gasteiger partial charge >= 0.3 is 0 Å². The van der Waals surface area contributed by atoms with Gasteiger partial charge in [0.05, 0.1) is 6.04 Å². The van der Waals surface area contributed by atoms with Crippen LogP contribution in [0.3, 0.4) is 0 Å². The molecule has 0 spiro atoms. The molecule has 1 aromatic rings. The van der Waals surface area contributed by atoms with E-state index in [0.717, 1.165) is 17.7 Å². The van der Waals surface area contributed by atoms with E-state index >= 15 is 0 Å². The fourth-order valence-electron chi connectivity index (χ4n) is 2.41. The summed E-state index contributed by atoms with van der Waals surface area (Å²) < 4.78 is 0. The first-order valence-corrected chi connectivity index (χ1v) is 5.73. The van der Waals surface area contributed by atoms with Crippen LogP contribution in [0, 0.1) is 0 Å². The number of carbonyl (C=O) groups is 1. The van der Waals surface area contributed by atoms with Crippen molar-refractivity contribution in [3.8, 4) is 0 Å². The first-order chi connectivity index (χ1) is 7.66. The smallest absolute Gasteiger partial charge is 0.255 e. The summed E-state index contributed by atoms with van der Waals surface area (Å²) >= 11 is 0. The summed E-state index contributed by atoms with van der Waals surface area (Å²) in [6.45, 7) is 4.93. The van der Waals surface area contributed by atoms with Crippen molar-refractivity contribution in [2.45, 2.75) is 25.9 Å². The van der Waals surface area contributed by atoms with E-state index < -0.39 is 0 Å². The Morgan fingerprint density at radius 3 is 2.69 bits per heavy atom. The van der Waals surface area contributed by atoms with Gasteiger partial charge in [-0.05, 0) is 32.5 Å². The van der Waals surface area contributed by atoms with Crippen LogP contribution in [0.1, 0.15) is 35.8 Å². The maximum Gasteiger partial charge on any atom is 0.255 e. The van der Waals surface area contributed by atoms with Crippen molar-refractivity contribution in [3.05, 3.63) is 35.4 Å². The molecule has 1 N–H and O–H groups in total. The highest BCUT2D eigenvalue weighted by molar-refractivity contribution is 5.99. The Morgan fingerprint density at radius 1 is 1.38 bits per heavy atom. The molecule has 3 heteroatoms. The number of rotatable bonds is 3. The molecule has 0 saturated carbocycles. The molecule has 1 amide bonds. The molecule has 0 saturated heterocycles. The van der Waals surface area contributed by atoms with Gasteiger partial charge in [-0.2, -0.15) is 0 Å². The van der Waals surface area contributed by atoms with Crippen LogP contribution in [0.4, 0.5) is 0 Å². The monoisotopic (exact) mass is 218 g/mol. The second kappa shape index (κ2) is 4.26. The fourth-order valence-corrected chi connectivity index (χ4v) is 2.41. The van der Waals surface area contributed by atoms with Gasteiger partial charge in [0, 0.05) is 18.2 Å². The maximum absolute atomic E-state index is 12.2. The lowest BCUT2D eigenvalue weighted by Crippen LogP contribution is -2.38. The number of hydrogen-bond acceptors (Lipinski definition) is 2. The van der Waals surface area contributed by atoms with Crippen molar-refractivity contribution in [1.82, 2.24) is 10.2 Å². The third-order valence-electron chi connectivity index (χ3n) is 3.07. The Morgan fingerprint density at radius 2 is 2.06 bits per heavy atom. The van der Waals surface area contributed by atoms with Crippen molar-refractivity contribution < 1.29 is 4.79 Å². The lowest BCUT2D eigenvalue weighted by molar-refractivity contribution is 0.0663. The minimum absolute atomic E-state index is 0.158. The van der Waals surface area contributed by atoms with Crippen molar-refractivity contribution in [2.24, 2.45) is 0 Å². The van der Waals surface area contributed by atoms with Gasteiger partial charge in [-0.1, -0.05) is 18.2 Å². The first kappa shape index (κ1) is 11.1. The van der Waals surface area contributed by atoms with Gasteiger partial charge in [0.2, 0.25) is 0 Å². The van der Waals surface area contributed by atoms with Gasteiger partial charge < -0.3 is 10.2 Å². The number of nitrogens with zero attached hydrogens (tertiary/aromatic N) is 1. The van der Waals surface area contributed by atoms with Gasteiger partial charge in [-0.15, -0.1) is 0 Å². The first-order valence-electron chi connectivity index (χ1n) is 5.73. The Kier molecular flexibility index (Phi) is 2.97. The van der Waals surface area contributed by atoms with Gasteiger partial charge in [0.1, 0.15) is 0 Å². The molecule has 0 radical (unpaired) electrons. The summed E-state index contributed by atoms with van der Waals surface area (Å²) in [6, 6.07) is 8.31. The molecule has 16 heavy (non-hydrogen) atoms. The minimum Gasteiger partial charge on any atom is -0.328 e. The normalized spacial score (nSPS) is 19.4. The van der Waals surface area contributed by atoms with Crippen molar-refractivity contribution in [1.29, 1.82) is 0 Å². The molecular weight excluding hydrogens is 200 g/mol. The van der Waals surface area contributed by atoms with Crippen molar-refractivity contribution in [3.63, 3.8) is 0 Å². The molecular formula is C13H18N2O. The molecule has 1 aromatic carbocycles. The van der Waals surface area contributed by atoms with Gasteiger partial charge in [0.15, 0.2) is 0 Å². The average molecular weight is 218 g/mol. The Balaban J connectivity index is 2.43. The summed E-state index contributed by atoms with van der Waals surface area (Å²) in [7, 11) is 1.92. The van der Waals surface area contributed by atoms with Crippen LogP contribution in [0.25, 0.3) is 0 Å². The number of nitrogens with one attached hydrogen (secondary N) is 1. The molecule has 0 bridgehead atoms. The maximum atomic E-state index is 12.2. The number of benzene rings is 1. The molecule has 1 aliphatic heterocycles. The largest absolute Gasteiger partial charge is 0.328 e. The summed E-state index contributed by atoms with van der Waals surface area (Å²) in [4.78, 5) is 14.2. The number of hydrogen-bond donors (Lipinski definition) is 1. The highest BCUT2D eigenvalue weighted by Gasteiger charge is 2.37. The second-order valence-electron chi connectivity index (χ2n) is 4.47. The lowest BCUT2D eigenvalue weighted by atomic mass is 10.0. The summed E-state index contributed by atoms with van der Waals surface area (Å²) in [5.74, 6) is 0.158. The van der Waals surface area contributed by atoms with E-state index in [-0.39, 0.29) is 18.0 Å². The van der Waals surface area contributed by atoms with Crippen LogP contribution in [0.5, 0.6) is 0 Å². The van der Waals surface area contributed by atoms with E-state index in [1.165, 1.54) is 0 Å². The summed E-state index contributed by atoms with van der Waals surface area (Å²) in [6.07, 6.45) is 0. The number of amides is 1. The van der Waals surface area contributed by atoms with Crippen LogP contribution in [-0.2, 0) is 0 Å². The SMILES string of the molecule is CNCC1c2ccccc2C(=O)N1C(C)C. The third kappa shape index (κ3) is 1.61. The van der Waals surface area contributed by atoms with Crippen LogP contribution >= 0.6 is 0 Å². The Labute approximate surface area is 96.5 Å². The van der Waals surface area contributed by atoms with E-state index in [0.29, 0.717) is 0 Å². The van der Waals surface area contributed by atoms with Gasteiger partial charge in [-0.3, -0.25) is 4.79 Å². The molecule has 1 aliphatic rings. The Hall–Kier alpha value is -1.35. The highest BCUT2D eigenvalue weighted by Crippen LogP contribution is 2.34. The average Bonchev–Trinajstić information content (AvgIpc) is 2.54. The predicted octanol–water partition coefficient (Wildman–Crippen LogP) is 1.81. The molecule has 3 nitrogen and oxygen atoms in total. The quantitative estimate of drug-likeness (QED) is 0.839. The molecule has 0 fully saturated rings.